The van der Waals surface area contributed by atoms with E-state index in [1.54, 1.807) is 0 Å². The molecule has 1 aliphatic carbocycles. The van der Waals surface area contributed by atoms with Gasteiger partial charge in [-0.25, -0.2) is 0 Å². The summed E-state index contributed by atoms with van der Waals surface area (Å²) in [4.78, 5) is 11.3. The molecule has 122 valence electrons. The number of carbonyl (C=O) groups excluding carboxylic acids is 1. The van der Waals surface area contributed by atoms with Crippen LogP contribution < -0.4 is 10.6 Å². The highest BCUT2D eigenvalue weighted by Gasteiger charge is 2.28. The van der Waals surface area contributed by atoms with Crippen LogP contribution in [0.1, 0.15) is 45.1 Å². The van der Waals surface area contributed by atoms with Crippen LogP contribution in [0.3, 0.4) is 0 Å². The van der Waals surface area contributed by atoms with Crippen molar-refractivity contribution in [2.24, 2.45) is 0 Å². The quantitative estimate of drug-likeness (QED) is 0.847. The second kappa shape index (κ2) is 8.44. The second-order valence-electron chi connectivity index (χ2n) is 5.82. The average molecular weight is 322 g/mol. The Kier molecular flexibility index (Phi) is 6.58. The van der Waals surface area contributed by atoms with Gasteiger partial charge in [0.05, 0.1) is 5.25 Å². The minimum atomic E-state index is -0.748. The molecule has 22 heavy (non-hydrogen) atoms. The normalized spacial score (nSPS) is 23.0. The third-order valence-electron chi connectivity index (χ3n) is 4.21. The van der Waals surface area contributed by atoms with E-state index < -0.39 is 10.8 Å². The first-order chi connectivity index (χ1) is 10.6. The molecule has 1 amide bonds. The Morgan fingerprint density at radius 3 is 2.73 bits per heavy atom. The maximum Gasteiger partial charge on any atom is 0.221 e. The first-order valence-corrected chi connectivity index (χ1v) is 9.46. The predicted octanol–water partition coefficient (Wildman–Crippen LogP) is 2.81. The fraction of sp³-hybridized carbons (Fsp3) is 0.588. The number of nitrogens with one attached hydrogen (secondary N) is 2. The maximum absolute atomic E-state index is 12.2. The molecule has 2 rings (SSSR count). The van der Waals surface area contributed by atoms with E-state index in [1.165, 1.54) is 19.8 Å². The van der Waals surface area contributed by atoms with Gasteiger partial charge in [-0.2, -0.15) is 0 Å². The van der Waals surface area contributed by atoms with Crippen molar-refractivity contribution in [3.05, 3.63) is 29.8 Å². The van der Waals surface area contributed by atoms with E-state index in [9.17, 15) is 9.00 Å². The molecule has 0 bridgehead atoms. The van der Waals surface area contributed by atoms with Crippen LogP contribution in [-0.2, 0) is 22.1 Å². The number of hydrogen-bond acceptors (Lipinski definition) is 3. The summed E-state index contributed by atoms with van der Waals surface area (Å²) in [6.45, 7) is 4.21. The number of rotatable bonds is 6. The molecule has 0 unspecified atom stereocenters. The van der Waals surface area contributed by atoms with Crippen LogP contribution in [-0.4, -0.2) is 27.2 Å². The number of amides is 1. The predicted molar refractivity (Wildman–Crippen MR) is 92.3 cm³/mol. The highest BCUT2D eigenvalue weighted by molar-refractivity contribution is 7.85. The van der Waals surface area contributed by atoms with Crippen molar-refractivity contribution in [2.75, 3.05) is 11.1 Å². The molecule has 0 saturated heterocycles. The molecule has 4 nitrogen and oxygen atoms in total. The Labute approximate surface area is 135 Å². The van der Waals surface area contributed by atoms with E-state index in [4.69, 9.17) is 0 Å². The van der Waals surface area contributed by atoms with Crippen LogP contribution in [0.25, 0.3) is 0 Å². The van der Waals surface area contributed by atoms with E-state index in [2.05, 4.69) is 10.6 Å². The van der Waals surface area contributed by atoms with Gasteiger partial charge in [-0.1, -0.05) is 38.0 Å². The molecular weight excluding hydrogens is 296 g/mol. The Morgan fingerprint density at radius 1 is 1.27 bits per heavy atom. The fourth-order valence-electron chi connectivity index (χ4n) is 3.09. The zero-order chi connectivity index (χ0) is 15.9. The zero-order valence-corrected chi connectivity index (χ0v) is 14.2. The van der Waals surface area contributed by atoms with Gasteiger partial charge in [0.25, 0.3) is 0 Å². The van der Waals surface area contributed by atoms with Gasteiger partial charge >= 0.3 is 0 Å². The summed E-state index contributed by atoms with van der Waals surface area (Å²) < 4.78 is 12.2. The average Bonchev–Trinajstić information content (AvgIpc) is 2.53. The summed E-state index contributed by atoms with van der Waals surface area (Å²) in [6.07, 6.45) is 4.50. The van der Waals surface area contributed by atoms with Crippen LogP contribution in [0.5, 0.6) is 0 Å². The molecule has 0 spiro atoms. The Hall–Kier alpha value is -1.20. The van der Waals surface area contributed by atoms with Crippen molar-refractivity contribution in [3.8, 4) is 0 Å². The molecule has 1 aromatic carbocycles. The highest BCUT2D eigenvalue weighted by Crippen LogP contribution is 2.24. The van der Waals surface area contributed by atoms with Gasteiger partial charge in [0.2, 0.25) is 5.91 Å². The summed E-state index contributed by atoms with van der Waals surface area (Å²) in [5, 5.41) is 6.70. The molecule has 3 atom stereocenters. The lowest BCUT2D eigenvalue weighted by Gasteiger charge is -2.31. The molecule has 1 saturated carbocycles. The van der Waals surface area contributed by atoms with E-state index in [-0.39, 0.29) is 11.2 Å². The van der Waals surface area contributed by atoms with Gasteiger partial charge < -0.3 is 10.6 Å². The van der Waals surface area contributed by atoms with Crippen LogP contribution in [0.15, 0.2) is 24.3 Å². The third kappa shape index (κ3) is 4.65. The summed E-state index contributed by atoms with van der Waals surface area (Å²) in [5.74, 6) is 0.667. The van der Waals surface area contributed by atoms with Gasteiger partial charge in [0, 0.05) is 41.8 Å². The standard InChI is InChI=1S/C17H26N2O2S/c1-3-22(21)17-11-7-6-10-16(17)18-12-14-8-4-5-9-15(14)19-13(2)20/h4-5,8-9,16-18H,3,6-7,10-12H2,1-2H3,(H,19,20)/t16-,17-,22+/m1/s1. The smallest absolute Gasteiger partial charge is 0.221 e. The monoisotopic (exact) mass is 322 g/mol. The lowest BCUT2D eigenvalue weighted by molar-refractivity contribution is -0.114. The van der Waals surface area contributed by atoms with Crippen LogP contribution in [0.4, 0.5) is 5.69 Å². The summed E-state index contributed by atoms with van der Waals surface area (Å²) in [6, 6.07) is 8.14. The highest BCUT2D eigenvalue weighted by atomic mass is 32.2. The SMILES string of the molecule is CC[S@](=O)[C@@H]1CCCC[C@H]1NCc1ccccc1NC(C)=O. The van der Waals surface area contributed by atoms with E-state index >= 15 is 0 Å². The number of benzene rings is 1. The minimum absolute atomic E-state index is 0.0601. The molecule has 1 aliphatic rings. The molecule has 5 heteroatoms. The van der Waals surface area contributed by atoms with E-state index in [0.29, 0.717) is 12.6 Å². The topological polar surface area (TPSA) is 58.2 Å². The van der Waals surface area contributed by atoms with Crippen molar-refractivity contribution < 1.29 is 9.00 Å². The largest absolute Gasteiger partial charge is 0.326 e. The fourth-order valence-corrected chi connectivity index (χ4v) is 4.54. The van der Waals surface area contributed by atoms with Crippen molar-refractivity contribution in [2.45, 2.75) is 57.4 Å². The van der Waals surface area contributed by atoms with Crippen molar-refractivity contribution >= 4 is 22.4 Å². The molecule has 1 fully saturated rings. The summed E-state index contributed by atoms with van der Waals surface area (Å²) in [5.41, 5.74) is 1.93. The van der Waals surface area contributed by atoms with E-state index in [0.717, 1.165) is 29.8 Å². The van der Waals surface area contributed by atoms with Crippen molar-refractivity contribution in [1.29, 1.82) is 0 Å². The van der Waals surface area contributed by atoms with Gasteiger partial charge in [0.1, 0.15) is 0 Å². The minimum Gasteiger partial charge on any atom is -0.326 e. The Bertz CT molecular complexity index is 533. The van der Waals surface area contributed by atoms with Gasteiger partial charge in [0.15, 0.2) is 0 Å². The Balaban J connectivity index is 2.02. The molecular formula is C17H26N2O2S. The van der Waals surface area contributed by atoms with Gasteiger partial charge in [-0.3, -0.25) is 9.00 Å². The molecule has 0 radical (unpaired) electrons. The molecule has 0 heterocycles. The van der Waals surface area contributed by atoms with Gasteiger partial charge in [-0.15, -0.1) is 0 Å². The first kappa shape index (κ1) is 17.2. The number of anilines is 1. The molecule has 2 N–H and O–H groups in total. The Morgan fingerprint density at radius 2 is 2.00 bits per heavy atom. The van der Waals surface area contributed by atoms with Crippen LogP contribution in [0.2, 0.25) is 0 Å². The molecule has 1 aromatic rings. The summed E-state index contributed by atoms with van der Waals surface area (Å²) >= 11 is 0. The zero-order valence-electron chi connectivity index (χ0n) is 13.4. The third-order valence-corrected chi connectivity index (χ3v) is 6.02. The summed E-state index contributed by atoms with van der Waals surface area (Å²) in [7, 11) is -0.748. The van der Waals surface area contributed by atoms with Crippen LogP contribution >= 0.6 is 0 Å². The van der Waals surface area contributed by atoms with Gasteiger partial charge in [-0.05, 0) is 24.5 Å². The lowest BCUT2D eigenvalue weighted by atomic mass is 9.94. The van der Waals surface area contributed by atoms with Crippen molar-refractivity contribution in [3.63, 3.8) is 0 Å². The van der Waals surface area contributed by atoms with Crippen LogP contribution in [0, 0.1) is 0 Å². The maximum atomic E-state index is 12.2. The molecule has 0 aromatic heterocycles. The lowest BCUT2D eigenvalue weighted by Crippen LogP contribution is -2.44. The van der Waals surface area contributed by atoms with Crippen molar-refractivity contribution in [1.82, 2.24) is 5.32 Å². The first-order valence-electron chi connectivity index (χ1n) is 8.08. The number of carbonyl (C=O) groups is 1. The van der Waals surface area contributed by atoms with E-state index in [1.807, 2.05) is 31.2 Å². The molecule has 0 aliphatic heterocycles. The number of para-hydroxylation sites is 1. The number of hydrogen-bond donors (Lipinski definition) is 2. The second-order valence-corrected chi connectivity index (χ2v) is 7.76.